The molecule has 104 valence electrons. The second kappa shape index (κ2) is 4.68. The molecule has 4 atom stereocenters. The molecule has 1 aromatic heterocycles. The molecule has 2 aromatic rings. The molecule has 0 spiro atoms. The largest absolute Gasteiger partial charge is 0.327 e. The molecule has 1 saturated carbocycles. The monoisotopic (exact) mass is 284 g/mol. The lowest BCUT2D eigenvalue weighted by Crippen LogP contribution is -2.26. The smallest absolute Gasteiger partial charge is 0.0897 e. The van der Waals surface area contributed by atoms with Gasteiger partial charge in [-0.2, -0.15) is 0 Å². The van der Waals surface area contributed by atoms with Crippen LogP contribution in [0.25, 0.3) is 0 Å². The maximum absolute atomic E-state index is 6.50. The Morgan fingerprint density at radius 2 is 2.25 bits per heavy atom. The zero-order valence-electron chi connectivity index (χ0n) is 11.8. The van der Waals surface area contributed by atoms with Crippen LogP contribution < -0.4 is 5.73 Å². The number of aromatic nitrogens is 1. The summed E-state index contributed by atoms with van der Waals surface area (Å²) in [4.78, 5) is 4.56. The highest BCUT2D eigenvalue weighted by atomic mass is 32.1. The van der Waals surface area contributed by atoms with Crippen LogP contribution in [-0.2, 0) is 12.8 Å². The molecule has 2 aliphatic carbocycles. The highest BCUT2D eigenvalue weighted by Gasteiger charge is 2.55. The molecule has 4 unspecified atom stereocenters. The summed E-state index contributed by atoms with van der Waals surface area (Å²) in [6, 6.07) is 9.19. The Morgan fingerprint density at radius 1 is 1.40 bits per heavy atom. The molecule has 1 aromatic carbocycles. The molecule has 0 bridgehead atoms. The Morgan fingerprint density at radius 3 is 3.05 bits per heavy atom. The van der Waals surface area contributed by atoms with Gasteiger partial charge in [-0.1, -0.05) is 24.3 Å². The van der Waals surface area contributed by atoms with Crippen molar-refractivity contribution in [2.45, 2.75) is 38.1 Å². The van der Waals surface area contributed by atoms with E-state index in [9.17, 15) is 0 Å². The average molecular weight is 284 g/mol. The topological polar surface area (TPSA) is 38.9 Å². The molecule has 0 saturated heterocycles. The summed E-state index contributed by atoms with van der Waals surface area (Å²) >= 11 is 1.73. The van der Waals surface area contributed by atoms with Gasteiger partial charge in [0.05, 0.1) is 10.7 Å². The Labute approximate surface area is 124 Å². The van der Waals surface area contributed by atoms with Crippen LogP contribution in [0.2, 0.25) is 0 Å². The van der Waals surface area contributed by atoms with Crippen molar-refractivity contribution in [3.63, 3.8) is 0 Å². The fourth-order valence-corrected chi connectivity index (χ4v) is 4.71. The molecule has 4 rings (SSSR count). The van der Waals surface area contributed by atoms with E-state index in [1.54, 1.807) is 22.5 Å². The standard InChI is InChI=1S/C17H20N2S/c1-10-19-12(9-20-10)8-15(18)17-14-7-6-11-4-2-3-5-13(11)16(14)17/h2-5,9,14-17H,6-8,18H2,1H3. The fraction of sp³-hybridized carbons (Fsp3) is 0.471. The van der Waals surface area contributed by atoms with Crippen molar-refractivity contribution in [3.8, 4) is 0 Å². The molecule has 1 heterocycles. The number of aryl methyl sites for hydroxylation is 2. The van der Waals surface area contributed by atoms with Crippen molar-refractivity contribution in [2.24, 2.45) is 17.6 Å². The lowest BCUT2D eigenvalue weighted by Gasteiger charge is -2.13. The zero-order valence-corrected chi connectivity index (χ0v) is 12.6. The maximum atomic E-state index is 6.50. The summed E-state index contributed by atoms with van der Waals surface area (Å²) < 4.78 is 0. The van der Waals surface area contributed by atoms with E-state index in [0.717, 1.165) is 23.3 Å². The lowest BCUT2D eigenvalue weighted by molar-refractivity contribution is 0.528. The van der Waals surface area contributed by atoms with Crippen LogP contribution in [0.3, 0.4) is 0 Å². The predicted octanol–water partition coefficient (Wildman–Crippen LogP) is 3.30. The van der Waals surface area contributed by atoms with Crippen LogP contribution in [0.1, 0.15) is 34.2 Å². The molecular formula is C17H20N2S. The van der Waals surface area contributed by atoms with Gasteiger partial charge in [-0.15, -0.1) is 11.3 Å². The molecule has 0 radical (unpaired) electrons. The SMILES string of the molecule is Cc1nc(CC(N)C2C3CCc4ccccc4C32)cs1. The second-order valence-corrected chi connectivity index (χ2v) is 7.29. The summed E-state index contributed by atoms with van der Waals surface area (Å²) in [5.74, 6) is 2.20. The number of nitrogens with two attached hydrogens (primary N) is 1. The molecule has 3 heteroatoms. The number of hydrogen-bond acceptors (Lipinski definition) is 3. The molecule has 0 amide bonds. The van der Waals surface area contributed by atoms with Gasteiger partial charge in [0.1, 0.15) is 0 Å². The Hall–Kier alpha value is -1.19. The average Bonchev–Trinajstić information content (AvgIpc) is 3.08. The van der Waals surface area contributed by atoms with E-state index in [1.165, 1.54) is 18.5 Å². The molecule has 20 heavy (non-hydrogen) atoms. The summed E-state index contributed by atoms with van der Waals surface area (Å²) in [6.07, 6.45) is 3.48. The van der Waals surface area contributed by atoms with Crippen LogP contribution in [-0.4, -0.2) is 11.0 Å². The first kappa shape index (κ1) is 12.5. The molecular weight excluding hydrogens is 264 g/mol. The minimum Gasteiger partial charge on any atom is -0.327 e. The number of rotatable bonds is 3. The van der Waals surface area contributed by atoms with Gasteiger partial charge in [-0.3, -0.25) is 0 Å². The third-order valence-electron chi connectivity index (χ3n) is 5.00. The van der Waals surface area contributed by atoms with Gasteiger partial charge in [-0.05, 0) is 48.6 Å². The minimum absolute atomic E-state index is 0.262. The van der Waals surface area contributed by atoms with Gasteiger partial charge < -0.3 is 5.73 Å². The zero-order chi connectivity index (χ0) is 13.7. The van der Waals surface area contributed by atoms with Gasteiger partial charge in [0.25, 0.3) is 0 Å². The molecule has 2 aliphatic rings. The van der Waals surface area contributed by atoms with Crippen LogP contribution in [0.4, 0.5) is 0 Å². The summed E-state index contributed by atoms with van der Waals surface area (Å²) in [7, 11) is 0. The first-order valence-electron chi connectivity index (χ1n) is 7.48. The second-order valence-electron chi connectivity index (χ2n) is 6.23. The van der Waals surface area contributed by atoms with Crippen LogP contribution in [0.15, 0.2) is 29.6 Å². The van der Waals surface area contributed by atoms with E-state index in [1.807, 2.05) is 0 Å². The van der Waals surface area contributed by atoms with Gasteiger partial charge in [-0.25, -0.2) is 4.98 Å². The van der Waals surface area contributed by atoms with Crippen molar-refractivity contribution in [2.75, 3.05) is 0 Å². The van der Waals surface area contributed by atoms with Crippen molar-refractivity contribution in [1.82, 2.24) is 4.98 Å². The Bertz CT molecular complexity index is 633. The highest BCUT2D eigenvalue weighted by molar-refractivity contribution is 7.09. The van der Waals surface area contributed by atoms with Gasteiger partial charge in [0.15, 0.2) is 0 Å². The molecule has 2 nitrogen and oxygen atoms in total. The van der Waals surface area contributed by atoms with E-state index in [-0.39, 0.29) is 6.04 Å². The number of hydrogen-bond donors (Lipinski definition) is 1. The van der Waals surface area contributed by atoms with E-state index >= 15 is 0 Å². The van der Waals surface area contributed by atoms with Crippen molar-refractivity contribution >= 4 is 11.3 Å². The van der Waals surface area contributed by atoms with Crippen LogP contribution in [0.5, 0.6) is 0 Å². The first-order valence-corrected chi connectivity index (χ1v) is 8.36. The van der Waals surface area contributed by atoms with E-state index in [0.29, 0.717) is 5.92 Å². The van der Waals surface area contributed by atoms with Crippen molar-refractivity contribution < 1.29 is 0 Å². The molecule has 2 N–H and O–H groups in total. The Kier molecular flexibility index (Phi) is 2.93. The van der Waals surface area contributed by atoms with Gasteiger partial charge >= 0.3 is 0 Å². The lowest BCUT2D eigenvalue weighted by atomic mass is 9.92. The van der Waals surface area contributed by atoms with Crippen molar-refractivity contribution in [1.29, 1.82) is 0 Å². The quantitative estimate of drug-likeness (QED) is 0.939. The maximum Gasteiger partial charge on any atom is 0.0897 e. The summed E-state index contributed by atoms with van der Waals surface area (Å²) in [6.45, 7) is 2.06. The van der Waals surface area contributed by atoms with Crippen LogP contribution in [0, 0.1) is 18.8 Å². The van der Waals surface area contributed by atoms with Gasteiger partial charge in [0, 0.05) is 17.8 Å². The summed E-state index contributed by atoms with van der Waals surface area (Å²) in [5.41, 5.74) is 10.8. The molecule has 0 aliphatic heterocycles. The minimum atomic E-state index is 0.262. The third-order valence-corrected chi connectivity index (χ3v) is 5.82. The number of fused-ring (bicyclic) bond motifs is 3. The Balaban J connectivity index is 1.52. The van der Waals surface area contributed by atoms with Crippen molar-refractivity contribution in [3.05, 3.63) is 51.5 Å². The van der Waals surface area contributed by atoms with E-state index in [4.69, 9.17) is 5.73 Å². The fourth-order valence-electron chi connectivity index (χ4n) is 4.08. The van der Waals surface area contributed by atoms with Crippen LogP contribution >= 0.6 is 11.3 Å². The number of benzene rings is 1. The highest BCUT2D eigenvalue weighted by Crippen LogP contribution is 2.61. The summed E-state index contributed by atoms with van der Waals surface area (Å²) in [5, 5.41) is 3.31. The first-order chi connectivity index (χ1) is 9.74. The van der Waals surface area contributed by atoms with Gasteiger partial charge in [0.2, 0.25) is 0 Å². The third kappa shape index (κ3) is 2.00. The molecule has 1 fully saturated rings. The number of nitrogens with zero attached hydrogens (tertiary/aromatic N) is 1. The van der Waals surface area contributed by atoms with E-state index < -0.39 is 0 Å². The number of thiazole rings is 1. The van der Waals surface area contributed by atoms with E-state index in [2.05, 4.69) is 41.6 Å². The normalized spacial score (nSPS) is 28.6. The predicted molar refractivity (Wildman–Crippen MR) is 83.0 cm³/mol.